The second-order valence-corrected chi connectivity index (χ2v) is 4.50. The Morgan fingerprint density at radius 3 is 2.63 bits per heavy atom. The van der Waals surface area contributed by atoms with Crippen LogP contribution in [0.15, 0.2) is 30.5 Å². The molecule has 1 aromatic heterocycles. The van der Waals surface area contributed by atoms with E-state index >= 15 is 0 Å². The average molecular weight is 298 g/mol. The molecule has 1 aromatic carbocycles. The Labute approximate surface area is 119 Å². The van der Waals surface area contributed by atoms with Crippen LogP contribution in [-0.2, 0) is 0 Å². The van der Waals surface area contributed by atoms with Gasteiger partial charge in [0, 0.05) is 11.8 Å². The van der Waals surface area contributed by atoms with Gasteiger partial charge in [-0.05, 0) is 23.8 Å². The number of methoxy groups -OCH3 is 1. The number of ether oxygens (including phenoxy) is 1. The lowest BCUT2D eigenvalue weighted by Gasteiger charge is -2.09. The number of aromatic carboxylic acids is 1. The first kappa shape index (κ1) is 13.6. The maximum atomic E-state index is 11.2. The number of hydrogen-bond acceptors (Lipinski definition) is 3. The van der Waals surface area contributed by atoms with Crippen LogP contribution in [0.25, 0.3) is 11.1 Å². The highest BCUT2D eigenvalue weighted by Crippen LogP contribution is 2.32. The lowest BCUT2D eigenvalue weighted by Crippen LogP contribution is -2.00. The minimum Gasteiger partial charge on any atom is -0.495 e. The highest BCUT2D eigenvalue weighted by Gasteiger charge is 2.14. The van der Waals surface area contributed by atoms with Crippen LogP contribution in [0.2, 0.25) is 10.2 Å². The molecule has 0 radical (unpaired) electrons. The number of carboxylic acids is 1. The summed E-state index contributed by atoms with van der Waals surface area (Å²) < 4.78 is 5.05. The SMILES string of the molecule is COc1ccc(-c2cnc(Cl)cc2C(=O)O)cc1Cl. The van der Waals surface area contributed by atoms with Gasteiger partial charge in [0.1, 0.15) is 10.9 Å². The monoisotopic (exact) mass is 297 g/mol. The summed E-state index contributed by atoms with van der Waals surface area (Å²) in [6.45, 7) is 0. The molecule has 1 heterocycles. The van der Waals surface area contributed by atoms with Gasteiger partial charge in [-0.2, -0.15) is 0 Å². The molecule has 0 amide bonds. The molecule has 0 atom stereocenters. The molecule has 98 valence electrons. The van der Waals surface area contributed by atoms with E-state index in [0.717, 1.165) is 0 Å². The molecule has 6 heteroatoms. The predicted molar refractivity (Wildman–Crippen MR) is 73.2 cm³/mol. The summed E-state index contributed by atoms with van der Waals surface area (Å²) in [5.74, 6) is -0.560. The number of aromatic nitrogens is 1. The largest absolute Gasteiger partial charge is 0.495 e. The molecule has 1 N–H and O–H groups in total. The van der Waals surface area contributed by atoms with E-state index in [1.54, 1.807) is 18.2 Å². The second-order valence-electron chi connectivity index (χ2n) is 3.71. The molecule has 2 aromatic rings. The fraction of sp³-hybridized carbons (Fsp3) is 0.0769. The maximum absolute atomic E-state index is 11.2. The van der Waals surface area contributed by atoms with E-state index in [9.17, 15) is 9.90 Å². The first-order valence-corrected chi connectivity index (χ1v) is 6.01. The van der Waals surface area contributed by atoms with Crippen molar-refractivity contribution in [3.8, 4) is 16.9 Å². The van der Waals surface area contributed by atoms with E-state index < -0.39 is 5.97 Å². The van der Waals surface area contributed by atoms with Crippen LogP contribution in [0.1, 0.15) is 10.4 Å². The van der Waals surface area contributed by atoms with Crippen molar-refractivity contribution >= 4 is 29.2 Å². The fourth-order valence-corrected chi connectivity index (χ4v) is 2.09. The zero-order chi connectivity index (χ0) is 14.0. The summed E-state index contributed by atoms with van der Waals surface area (Å²) in [5, 5.41) is 9.70. The number of carboxylic acid groups (broad SMARTS) is 1. The molecule has 0 saturated carbocycles. The van der Waals surface area contributed by atoms with Gasteiger partial charge in [-0.15, -0.1) is 0 Å². The number of halogens is 2. The van der Waals surface area contributed by atoms with Crippen molar-refractivity contribution in [2.75, 3.05) is 7.11 Å². The van der Waals surface area contributed by atoms with Gasteiger partial charge in [-0.1, -0.05) is 29.3 Å². The lowest BCUT2D eigenvalue weighted by molar-refractivity contribution is 0.0697. The van der Waals surface area contributed by atoms with Gasteiger partial charge in [0.15, 0.2) is 0 Å². The molecule has 0 bridgehead atoms. The Bertz CT molecular complexity index is 644. The summed E-state index contributed by atoms with van der Waals surface area (Å²) in [5.41, 5.74) is 1.15. The summed E-state index contributed by atoms with van der Waals surface area (Å²) in [7, 11) is 1.51. The summed E-state index contributed by atoms with van der Waals surface area (Å²) in [4.78, 5) is 15.1. The van der Waals surface area contributed by atoms with Crippen LogP contribution in [0, 0.1) is 0 Å². The smallest absolute Gasteiger partial charge is 0.336 e. The van der Waals surface area contributed by atoms with E-state index in [1.165, 1.54) is 19.4 Å². The Kier molecular flexibility index (Phi) is 3.93. The van der Waals surface area contributed by atoms with Crippen LogP contribution in [-0.4, -0.2) is 23.2 Å². The minimum atomic E-state index is -1.08. The minimum absolute atomic E-state index is 0.0706. The summed E-state index contributed by atoms with van der Waals surface area (Å²) in [6.07, 6.45) is 1.41. The molecule has 0 saturated heterocycles. The van der Waals surface area contributed by atoms with Crippen molar-refractivity contribution < 1.29 is 14.6 Å². The van der Waals surface area contributed by atoms with Gasteiger partial charge in [-0.25, -0.2) is 9.78 Å². The quantitative estimate of drug-likeness (QED) is 0.876. The molecule has 0 spiro atoms. The third kappa shape index (κ3) is 2.80. The van der Waals surface area contributed by atoms with E-state index in [0.29, 0.717) is 21.9 Å². The van der Waals surface area contributed by atoms with Crippen LogP contribution in [0.5, 0.6) is 5.75 Å². The van der Waals surface area contributed by atoms with Crippen molar-refractivity contribution in [1.29, 1.82) is 0 Å². The van der Waals surface area contributed by atoms with E-state index in [1.807, 2.05) is 0 Å². The van der Waals surface area contributed by atoms with Gasteiger partial charge in [0.2, 0.25) is 0 Å². The normalized spacial score (nSPS) is 10.3. The maximum Gasteiger partial charge on any atom is 0.336 e. The third-order valence-electron chi connectivity index (χ3n) is 2.56. The van der Waals surface area contributed by atoms with Crippen molar-refractivity contribution in [1.82, 2.24) is 4.98 Å². The molecule has 0 aliphatic heterocycles. The van der Waals surface area contributed by atoms with Crippen LogP contribution in [0.3, 0.4) is 0 Å². The number of rotatable bonds is 3. The zero-order valence-electron chi connectivity index (χ0n) is 9.85. The molecular weight excluding hydrogens is 289 g/mol. The number of pyridine rings is 1. The second kappa shape index (κ2) is 5.47. The van der Waals surface area contributed by atoms with Crippen molar-refractivity contribution in [2.24, 2.45) is 0 Å². The van der Waals surface area contributed by atoms with Crippen molar-refractivity contribution in [3.05, 3.63) is 46.2 Å². The molecule has 0 aliphatic carbocycles. The molecule has 19 heavy (non-hydrogen) atoms. The van der Waals surface area contributed by atoms with Crippen molar-refractivity contribution in [3.63, 3.8) is 0 Å². The van der Waals surface area contributed by atoms with Gasteiger partial charge < -0.3 is 9.84 Å². The number of nitrogens with zero attached hydrogens (tertiary/aromatic N) is 1. The van der Waals surface area contributed by atoms with E-state index in [4.69, 9.17) is 27.9 Å². The van der Waals surface area contributed by atoms with Gasteiger partial charge in [0.25, 0.3) is 0 Å². The van der Waals surface area contributed by atoms with Crippen LogP contribution >= 0.6 is 23.2 Å². The Morgan fingerprint density at radius 1 is 1.32 bits per heavy atom. The lowest BCUT2D eigenvalue weighted by atomic mass is 10.0. The van der Waals surface area contributed by atoms with Gasteiger partial charge >= 0.3 is 5.97 Å². The molecule has 0 unspecified atom stereocenters. The standard InChI is InChI=1S/C13H9Cl2NO3/c1-19-11-3-2-7(4-10(11)14)9-6-16-12(15)5-8(9)13(17)18/h2-6H,1H3,(H,17,18). The molecule has 4 nitrogen and oxygen atoms in total. The first-order valence-electron chi connectivity index (χ1n) is 5.25. The van der Waals surface area contributed by atoms with Crippen LogP contribution in [0.4, 0.5) is 0 Å². The Morgan fingerprint density at radius 2 is 2.05 bits per heavy atom. The number of hydrogen-bond donors (Lipinski definition) is 1. The number of benzene rings is 1. The van der Waals surface area contributed by atoms with Crippen LogP contribution < -0.4 is 4.74 Å². The Hall–Kier alpha value is -1.78. The Balaban J connectivity index is 2.58. The van der Waals surface area contributed by atoms with Gasteiger partial charge in [0.05, 0.1) is 17.7 Å². The van der Waals surface area contributed by atoms with E-state index in [2.05, 4.69) is 4.98 Å². The number of carbonyl (C=O) groups is 1. The summed E-state index contributed by atoms with van der Waals surface area (Å²) in [6, 6.07) is 6.30. The highest BCUT2D eigenvalue weighted by atomic mass is 35.5. The molecule has 0 aliphatic rings. The van der Waals surface area contributed by atoms with E-state index in [-0.39, 0.29) is 10.7 Å². The van der Waals surface area contributed by atoms with Crippen molar-refractivity contribution in [2.45, 2.75) is 0 Å². The fourth-order valence-electron chi connectivity index (χ4n) is 1.67. The molecule has 0 fully saturated rings. The third-order valence-corrected chi connectivity index (χ3v) is 3.07. The highest BCUT2D eigenvalue weighted by molar-refractivity contribution is 6.32. The zero-order valence-corrected chi connectivity index (χ0v) is 11.4. The predicted octanol–water partition coefficient (Wildman–Crippen LogP) is 3.76. The summed E-state index contributed by atoms with van der Waals surface area (Å²) >= 11 is 11.7. The molecular formula is C13H9Cl2NO3. The average Bonchev–Trinajstić information content (AvgIpc) is 2.38. The first-order chi connectivity index (χ1) is 9.02. The molecule has 2 rings (SSSR count). The van der Waals surface area contributed by atoms with Gasteiger partial charge in [-0.3, -0.25) is 0 Å². The topological polar surface area (TPSA) is 59.4 Å².